The van der Waals surface area contributed by atoms with Gasteiger partial charge in [0.1, 0.15) is 6.04 Å². The minimum Gasteiger partial charge on any atom is -0.480 e. The van der Waals surface area contributed by atoms with Crippen LogP contribution in [0.5, 0.6) is 0 Å². The Morgan fingerprint density at radius 2 is 1.53 bits per heavy atom. The van der Waals surface area contributed by atoms with Crippen LogP contribution in [-0.4, -0.2) is 71.7 Å². The summed E-state index contributed by atoms with van der Waals surface area (Å²) in [5.41, 5.74) is 1.26. The van der Waals surface area contributed by atoms with Gasteiger partial charge in [0.05, 0.1) is 26.3 Å². The van der Waals surface area contributed by atoms with Crippen molar-refractivity contribution in [1.29, 1.82) is 0 Å². The van der Waals surface area contributed by atoms with Crippen LogP contribution in [0.3, 0.4) is 0 Å². The zero-order valence-electron chi connectivity index (χ0n) is 17.2. The zero-order chi connectivity index (χ0) is 22.7. The molecule has 0 saturated carbocycles. The van der Waals surface area contributed by atoms with Crippen molar-refractivity contribution in [1.82, 2.24) is 10.2 Å². The van der Waals surface area contributed by atoms with Crippen molar-refractivity contribution in [2.24, 2.45) is 0 Å². The molecule has 9 heteroatoms. The number of rotatable bonds is 6. The van der Waals surface area contributed by atoms with Crippen LogP contribution in [0.15, 0.2) is 54.6 Å². The first-order valence-corrected chi connectivity index (χ1v) is 10.2. The molecule has 2 fully saturated rings. The van der Waals surface area contributed by atoms with E-state index in [4.69, 9.17) is 9.47 Å². The van der Waals surface area contributed by atoms with Gasteiger partial charge in [0.15, 0.2) is 11.6 Å². The van der Waals surface area contributed by atoms with Crippen molar-refractivity contribution in [3.8, 4) is 0 Å². The first-order chi connectivity index (χ1) is 15.4. The molecule has 1 atom stereocenters. The van der Waals surface area contributed by atoms with Gasteiger partial charge in [-0.25, -0.2) is 4.79 Å². The fraction of sp³-hybridized carbons (Fsp3) is 0.304. The van der Waals surface area contributed by atoms with E-state index in [1.54, 1.807) is 36.4 Å². The molecule has 32 heavy (non-hydrogen) atoms. The van der Waals surface area contributed by atoms with Gasteiger partial charge in [-0.05, 0) is 12.1 Å². The second-order valence-electron chi connectivity index (χ2n) is 7.64. The Morgan fingerprint density at radius 3 is 2.16 bits per heavy atom. The summed E-state index contributed by atoms with van der Waals surface area (Å²) >= 11 is 0. The number of carbonyl (C=O) groups excluding carboxylic acids is 3. The van der Waals surface area contributed by atoms with Crippen LogP contribution in [0, 0.1) is 0 Å². The third-order valence-corrected chi connectivity index (χ3v) is 5.56. The minimum atomic E-state index is -1.15. The predicted octanol–water partition coefficient (Wildman–Crippen LogP) is 1.08. The Balaban J connectivity index is 1.36. The quantitative estimate of drug-likeness (QED) is 0.647. The maximum Gasteiger partial charge on any atom is 0.326 e. The smallest absolute Gasteiger partial charge is 0.326 e. The standard InChI is InChI=1S/C23H22N2O7/c26-19(25-14-23(31-10-11-32-23)12-18(25)22(29)30)13-24-21(28)17-8-6-16(7-9-17)20(27)15-4-2-1-3-5-15/h1-9,18H,10-14H2,(H,24,28)(H,29,30)/t18-/m0/s1. The van der Waals surface area contributed by atoms with Gasteiger partial charge in [0, 0.05) is 23.1 Å². The van der Waals surface area contributed by atoms with Crippen LogP contribution < -0.4 is 5.32 Å². The summed E-state index contributed by atoms with van der Waals surface area (Å²) in [6.07, 6.45) is 0.0406. The monoisotopic (exact) mass is 438 g/mol. The molecule has 0 unspecified atom stereocenters. The lowest BCUT2D eigenvalue weighted by Crippen LogP contribution is -2.46. The molecule has 2 N–H and O–H groups in total. The molecule has 1 spiro atoms. The lowest BCUT2D eigenvalue weighted by atomic mass is 10.0. The summed E-state index contributed by atoms with van der Waals surface area (Å²) in [5, 5.41) is 12.0. The van der Waals surface area contributed by atoms with Gasteiger partial charge in [0.2, 0.25) is 5.91 Å². The molecule has 0 radical (unpaired) electrons. The van der Waals surface area contributed by atoms with Crippen LogP contribution >= 0.6 is 0 Å². The number of ether oxygens (including phenoxy) is 2. The maximum atomic E-state index is 12.6. The van der Waals surface area contributed by atoms with E-state index < -0.39 is 29.6 Å². The van der Waals surface area contributed by atoms with Crippen molar-refractivity contribution in [3.63, 3.8) is 0 Å². The highest BCUT2D eigenvalue weighted by atomic mass is 16.7. The summed E-state index contributed by atoms with van der Waals surface area (Å²) in [5.74, 6) is -3.46. The largest absolute Gasteiger partial charge is 0.480 e. The fourth-order valence-corrected chi connectivity index (χ4v) is 3.92. The van der Waals surface area contributed by atoms with Gasteiger partial charge in [0.25, 0.3) is 5.91 Å². The highest BCUT2D eigenvalue weighted by Crippen LogP contribution is 2.34. The molecule has 0 aliphatic carbocycles. The molecule has 166 valence electrons. The number of hydrogen-bond donors (Lipinski definition) is 2. The van der Waals surface area contributed by atoms with Crippen molar-refractivity contribution < 1.29 is 33.8 Å². The number of carboxylic acid groups (broad SMARTS) is 1. The van der Waals surface area contributed by atoms with E-state index in [1.165, 1.54) is 12.1 Å². The summed E-state index contributed by atoms with van der Waals surface area (Å²) in [6, 6.07) is 13.8. The highest BCUT2D eigenvalue weighted by molar-refractivity contribution is 6.09. The lowest BCUT2D eigenvalue weighted by Gasteiger charge is -2.23. The third kappa shape index (κ3) is 4.39. The molecule has 0 bridgehead atoms. The molecular weight excluding hydrogens is 416 g/mol. The number of ketones is 1. The second-order valence-corrected chi connectivity index (χ2v) is 7.64. The molecule has 2 aromatic carbocycles. The third-order valence-electron chi connectivity index (χ3n) is 5.56. The summed E-state index contributed by atoms with van der Waals surface area (Å²) < 4.78 is 11.1. The first kappa shape index (κ1) is 21.7. The number of amides is 2. The van der Waals surface area contributed by atoms with Crippen LogP contribution in [0.1, 0.15) is 32.7 Å². The van der Waals surface area contributed by atoms with Crippen molar-refractivity contribution in [3.05, 3.63) is 71.3 Å². The SMILES string of the molecule is O=C(NCC(=O)N1CC2(C[C@H]1C(=O)O)OCCO2)c1ccc(C(=O)c2ccccc2)cc1. The lowest BCUT2D eigenvalue weighted by molar-refractivity contribution is -0.152. The first-order valence-electron chi connectivity index (χ1n) is 10.2. The molecule has 2 aliphatic rings. The van der Waals surface area contributed by atoms with Crippen molar-refractivity contribution in [2.45, 2.75) is 18.2 Å². The van der Waals surface area contributed by atoms with Crippen LogP contribution in [0.4, 0.5) is 0 Å². The Morgan fingerprint density at radius 1 is 0.938 bits per heavy atom. The summed E-state index contributed by atoms with van der Waals surface area (Å²) in [6.45, 7) is 0.306. The Hall–Kier alpha value is -3.56. The molecule has 2 amide bonds. The second kappa shape index (κ2) is 8.89. The number of benzene rings is 2. The number of carbonyl (C=O) groups is 4. The van der Waals surface area contributed by atoms with Crippen molar-refractivity contribution >= 4 is 23.6 Å². The normalized spacial score (nSPS) is 19.1. The molecule has 2 heterocycles. The van der Waals surface area contributed by atoms with Gasteiger partial charge in [-0.3, -0.25) is 14.4 Å². The summed E-state index contributed by atoms with van der Waals surface area (Å²) in [4.78, 5) is 50.3. The van der Waals surface area contributed by atoms with Gasteiger partial charge in [-0.2, -0.15) is 0 Å². The highest BCUT2D eigenvalue weighted by Gasteiger charge is 2.52. The number of carboxylic acids is 1. The van der Waals surface area contributed by atoms with E-state index in [2.05, 4.69) is 5.32 Å². The number of aliphatic carboxylic acids is 1. The van der Waals surface area contributed by atoms with E-state index in [0.717, 1.165) is 4.90 Å². The minimum absolute atomic E-state index is 0.00500. The number of likely N-dealkylation sites (tertiary alicyclic amines) is 1. The van der Waals surface area contributed by atoms with E-state index in [-0.39, 0.29) is 30.9 Å². The number of hydrogen-bond acceptors (Lipinski definition) is 6. The predicted molar refractivity (Wildman–Crippen MR) is 111 cm³/mol. The Bertz CT molecular complexity index is 1030. The van der Waals surface area contributed by atoms with Crippen LogP contribution in [0.25, 0.3) is 0 Å². The maximum absolute atomic E-state index is 12.6. The van der Waals surface area contributed by atoms with Gasteiger partial charge < -0.3 is 24.8 Å². The number of nitrogens with one attached hydrogen (secondary N) is 1. The van der Waals surface area contributed by atoms with Gasteiger partial charge in [-0.15, -0.1) is 0 Å². The van der Waals surface area contributed by atoms with E-state index in [9.17, 15) is 24.3 Å². The zero-order valence-corrected chi connectivity index (χ0v) is 17.2. The van der Waals surface area contributed by atoms with Crippen molar-refractivity contribution in [2.75, 3.05) is 26.3 Å². The average Bonchev–Trinajstić information content (AvgIpc) is 3.44. The molecule has 2 aromatic rings. The van der Waals surface area contributed by atoms with E-state index in [1.807, 2.05) is 6.07 Å². The van der Waals surface area contributed by atoms with E-state index >= 15 is 0 Å². The van der Waals surface area contributed by atoms with Gasteiger partial charge in [-0.1, -0.05) is 42.5 Å². The number of nitrogens with zero attached hydrogens (tertiary/aromatic N) is 1. The van der Waals surface area contributed by atoms with Crippen LogP contribution in [0.2, 0.25) is 0 Å². The van der Waals surface area contributed by atoms with Crippen LogP contribution in [-0.2, 0) is 19.1 Å². The molecule has 2 aliphatic heterocycles. The Labute approximate surface area is 183 Å². The van der Waals surface area contributed by atoms with E-state index in [0.29, 0.717) is 24.3 Å². The molecule has 9 nitrogen and oxygen atoms in total. The molecule has 4 rings (SSSR count). The molecular formula is C23H22N2O7. The topological polar surface area (TPSA) is 122 Å². The molecule has 0 aromatic heterocycles. The Kier molecular flexibility index (Phi) is 6.02. The van der Waals surface area contributed by atoms with Gasteiger partial charge >= 0.3 is 5.97 Å². The fourth-order valence-electron chi connectivity index (χ4n) is 3.92. The average molecular weight is 438 g/mol. The summed E-state index contributed by atoms with van der Waals surface area (Å²) in [7, 11) is 0. The molecule has 2 saturated heterocycles.